The fraction of sp³-hybridized carbons (Fsp3) is 0. The zero-order chi connectivity index (χ0) is 19.6. The first-order valence-corrected chi connectivity index (χ1v) is 8.59. The molecule has 2 aromatic carbocycles. The van der Waals surface area contributed by atoms with Crippen LogP contribution in [0.4, 0.5) is 0 Å². The van der Waals surface area contributed by atoms with Crippen molar-refractivity contribution < 1.29 is 9.59 Å². The molecule has 3 rings (SSSR count). The maximum absolute atomic E-state index is 12.6. The molecule has 0 aliphatic rings. The normalized spacial score (nSPS) is 11.2. The van der Waals surface area contributed by atoms with Crippen LogP contribution >= 0.6 is 0 Å². The number of rotatable bonds is 6. The molecule has 0 radical (unpaired) electrons. The van der Waals surface area contributed by atoms with E-state index in [2.05, 4.69) is 20.8 Å². The molecule has 3 aromatic rings. The van der Waals surface area contributed by atoms with E-state index in [9.17, 15) is 9.59 Å². The summed E-state index contributed by atoms with van der Waals surface area (Å²) < 4.78 is 0. The van der Waals surface area contributed by atoms with Gasteiger partial charge in [-0.3, -0.25) is 14.6 Å². The second-order valence-corrected chi connectivity index (χ2v) is 5.77. The Hall–Kier alpha value is -4.06. The molecule has 0 bridgehead atoms. The number of carbonyl (C=O) groups excluding carboxylic acids is 2. The summed E-state index contributed by atoms with van der Waals surface area (Å²) in [7, 11) is 0. The van der Waals surface area contributed by atoms with Crippen molar-refractivity contribution in [2.45, 2.75) is 0 Å². The lowest BCUT2D eigenvalue weighted by Crippen LogP contribution is -2.32. The van der Waals surface area contributed by atoms with Crippen LogP contribution in [0.1, 0.15) is 21.5 Å². The lowest BCUT2D eigenvalue weighted by Gasteiger charge is -2.09. The molecule has 2 amide bonds. The van der Waals surface area contributed by atoms with Gasteiger partial charge in [-0.15, -0.1) is 0 Å². The Morgan fingerprint density at radius 1 is 0.821 bits per heavy atom. The quantitative estimate of drug-likeness (QED) is 0.397. The molecular weight excluding hydrogens is 352 g/mol. The van der Waals surface area contributed by atoms with Gasteiger partial charge in [0, 0.05) is 18.0 Å². The fourth-order valence-electron chi connectivity index (χ4n) is 2.33. The van der Waals surface area contributed by atoms with Gasteiger partial charge in [-0.05, 0) is 41.5 Å². The van der Waals surface area contributed by atoms with E-state index in [1.807, 2.05) is 36.4 Å². The Balaban J connectivity index is 1.77. The second kappa shape index (κ2) is 9.59. The highest BCUT2D eigenvalue weighted by Gasteiger charge is 2.14. The first-order valence-electron chi connectivity index (χ1n) is 8.59. The predicted molar refractivity (Wildman–Crippen MR) is 108 cm³/mol. The SMILES string of the molecule is O=C(N/N=C/c1ccncc1)/C(=C\c1ccccc1)NC(=O)c1ccccc1. The Morgan fingerprint density at radius 2 is 1.46 bits per heavy atom. The van der Waals surface area contributed by atoms with Gasteiger partial charge in [-0.1, -0.05) is 48.5 Å². The molecule has 1 heterocycles. The number of hydrogen-bond donors (Lipinski definition) is 2. The maximum atomic E-state index is 12.6. The molecule has 0 saturated carbocycles. The van der Waals surface area contributed by atoms with Crippen LogP contribution in [-0.2, 0) is 4.79 Å². The molecule has 0 aliphatic heterocycles. The number of hydrazone groups is 1. The van der Waals surface area contributed by atoms with Gasteiger partial charge in [0.25, 0.3) is 11.8 Å². The molecule has 2 N–H and O–H groups in total. The van der Waals surface area contributed by atoms with Crippen molar-refractivity contribution in [1.82, 2.24) is 15.7 Å². The van der Waals surface area contributed by atoms with Gasteiger partial charge < -0.3 is 5.32 Å². The zero-order valence-electron chi connectivity index (χ0n) is 14.9. The summed E-state index contributed by atoms with van der Waals surface area (Å²) in [6.07, 6.45) is 6.35. The van der Waals surface area contributed by atoms with Crippen LogP contribution in [0.2, 0.25) is 0 Å². The molecule has 28 heavy (non-hydrogen) atoms. The predicted octanol–water partition coefficient (Wildman–Crippen LogP) is 3.00. The van der Waals surface area contributed by atoms with Crippen LogP contribution in [0.3, 0.4) is 0 Å². The van der Waals surface area contributed by atoms with E-state index >= 15 is 0 Å². The average Bonchev–Trinajstić information content (AvgIpc) is 2.75. The Kier molecular flexibility index (Phi) is 6.41. The number of aromatic nitrogens is 1. The number of nitrogens with one attached hydrogen (secondary N) is 2. The fourth-order valence-corrected chi connectivity index (χ4v) is 2.33. The van der Waals surface area contributed by atoms with Crippen molar-refractivity contribution in [3.05, 3.63) is 108 Å². The lowest BCUT2D eigenvalue weighted by atomic mass is 10.1. The number of carbonyl (C=O) groups is 2. The second-order valence-electron chi connectivity index (χ2n) is 5.77. The van der Waals surface area contributed by atoms with Crippen LogP contribution in [0.25, 0.3) is 6.08 Å². The third-order valence-corrected chi connectivity index (χ3v) is 3.73. The van der Waals surface area contributed by atoms with Crippen molar-refractivity contribution in [3.63, 3.8) is 0 Å². The summed E-state index contributed by atoms with van der Waals surface area (Å²) in [6, 6.07) is 21.4. The number of amides is 2. The first-order chi connectivity index (χ1) is 13.7. The highest BCUT2D eigenvalue weighted by Crippen LogP contribution is 2.07. The molecular formula is C22H18N4O2. The Morgan fingerprint density at radius 3 is 2.14 bits per heavy atom. The molecule has 0 atom stereocenters. The van der Waals surface area contributed by atoms with Crippen LogP contribution in [0.5, 0.6) is 0 Å². The maximum Gasteiger partial charge on any atom is 0.287 e. The van der Waals surface area contributed by atoms with E-state index in [4.69, 9.17) is 0 Å². The van der Waals surface area contributed by atoms with Gasteiger partial charge in [0.05, 0.1) is 6.21 Å². The van der Waals surface area contributed by atoms with Gasteiger partial charge in [0.2, 0.25) is 0 Å². The molecule has 0 saturated heterocycles. The third-order valence-electron chi connectivity index (χ3n) is 3.73. The average molecular weight is 370 g/mol. The summed E-state index contributed by atoms with van der Waals surface area (Å²) >= 11 is 0. The number of benzene rings is 2. The molecule has 0 spiro atoms. The summed E-state index contributed by atoms with van der Waals surface area (Å²) in [5.41, 5.74) is 4.54. The topological polar surface area (TPSA) is 83.4 Å². The summed E-state index contributed by atoms with van der Waals surface area (Å²) in [5, 5.41) is 6.60. The van der Waals surface area contributed by atoms with E-state index in [0.717, 1.165) is 11.1 Å². The van der Waals surface area contributed by atoms with Crippen LogP contribution < -0.4 is 10.7 Å². The molecule has 0 fully saturated rings. The number of hydrogen-bond acceptors (Lipinski definition) is 4. The first kappa shape index (κ1) is 18.7. The molecule has 138 valence electrons. The molecule has 0 unspecified atom stereocenters. The number of pyridine rings is 1. The van der Waals surface area contributed by atoms with Crippen molar-refractivity contribution in [3.8, 4) is 0 Å². The zero-order valence-corrected chi connectivity index (χ0v) is 14.9. The van der Waals surface area contributed by atoms with Gasteiger partial charge in [0.15, 0.2) is 0 Å². The Labute approximate surface area is 162 Å². The van der Waals surface area contributed by atoms with E-state index in [0.29, 0.717) is 5.56 Å². The van der Waals surface area contributed by atoms with Crippen molar-refractivity contribution in [1.29, 1.82) is 0 Å². The Bertz CT molecular complexity index is 985. The highest BCUT2D eigenvalue weighted by atomic mass is 16.2. The number of nitrogens with zero attached hydrogens (tertiary/aromatic N) is 2. The minimum absolute atomic E-state index is 0.0898. The summed E-state index contributed by atoms with van der Waals surface area (Å²) in [6.45, 7) is 0. The lowest BCUT2D eigenvalue weighted by molar-refractivity contribution is -0.117. The van der Waals surface area contributed by atoms with Crippen LogP contribution in [-0.4, -0.2) is 23.0 Å². The van der Waals surface area contributed by atoms with Crippen LogP contribution in [0, 0.1) is 0 Å². The molecule has 6 nitrogen and oxygen atoms in total. The van der Waals surface area contributed by atoms with Crippen molar-refractivity contribution in [2.75, 3.05) is 0 Å². The smallest absolute Gasteiger partial charge is 0.287 e. The largest absolute Gasteiger partial charge is 0.317 e. The van der Waals surface area contributed by atoms with Gasteiger partial charge in [0.1, 0.15) is 5.70 Å². The third kappa shape index (κ3) is 5.47. The standard InChI is InChI=1S/C22H18N4O2/c27-21(19-9-5-2-6-10-19)25-20(15-17-7-3-1-4-8-17)22(28)26-24-16-18-11-13-23-14-12-18/h1-16H,(H,25,27)(H,26,28)/b20-15+,24-16+. The van der Waals surface area contributed by atoms with E-state index in [-0.39, 0.29) is 11.6 Å². The monoisotopic (exact) mass is 370 g/mol. The van der Waals surface area contributed by atoms with Crippen molar-refractivity contribution in [2.24, 2.45) is 5.10 Å². The molecule has 0 aliphatic carbocycles. The van der Waals surface area contributed by atoms with E-state index in [1.54, 1.807) is 54.9 Å². The van der Waals surface area contributed by atoms with Gasteiger partial charge in [-0.2, -0.15) is 5.10 Å². The summed E-state index contributed by atoms with van der Waals surface area (Å²) in [4.78, 5) is 29.0. The minimum atomic E-state index is -0.529. The van der Waals surface area contributed by atoms with E-state index < -0.39 is 5.91 Å². The minimum Gasteiger partial charge on any atom is -0.317 e. The summed E-state index contributed by atoms with van der Waals surface area (Å²) in [5.74, 6) is -0.908. The van der Waals surface area contributed by atoms with Gasteiger partial charge >= 0.3 is 0 Å². The van der Waals surface area contributed by atoms with Crippen molar-refractivity contribution >= 4 is 24.1 Å². The van der Waals surface area contributed by atoms with Crippen LogP contribution in [0.15, 0.2) is 96.0 Å². The van der Waals surface area contributed by atoms with E-state index in [1.165, 1.54) is 6.21 Å². The molecule has 6 heteroatoms. The highest BCUT2D eigenvalue weighted by molar-refractivity contribution is 6.05. The van der Waals surface area contributed by atoms with Gasteiger partial charge in [-0.25, -0.2) is 5.43 Å². The molecule has 1 aromatic heterocycles.